The molecule has 7 N–H and O–H groups in total. The third kappa shape index (κ3) is 11.9. The van der Waals surface area contributed by atoms with E-state index in [4.69, 9.17) is 19.8 Å². The molecule has 0 atom stereocenters. The van der Waals surface area contributed by atoms with E-state index in [1.807, 2.05) is 0 Å². The Bertz CT molecular complexity index is 3730. The number of azo groups is 2. The smallest absolute Gasteiger partial charge is 0.348 e. The standard InChI is InChI=1S/C43H39N11O15S4/c1-66-70(58,59)35-9-5-7-27-29(35)19-25(21-37(27)72(62,63)68-3)51-53-31-13-11-23(15-33(31)46-41(44)55)17-39-48-40(50-43(57)49-39)18-24-12-14-32(34(16-24)47-42(45)56)54-52-26-20-30-28(38(22-26)73(64,65)69-4)8-6-10-36(30)71(60,61)67-2/h5-16,19-22H,17-18H2,1-4H3,(H3,44,46,55)(H3,45,47,56)(H,48,49,50,57). The summed E-state index contributed by atoms with van der Waals surface area (Å²) in [7, 11) is -13.8. The van der Waals surface area contributed by atoms with E-state index in [0.29, 0.717) is 11.1 Å². The molecule has 0 unspecified atom stereocenters. The van der Waals surface area contributed by atoms with Crippen LogP contribution in [-0.2, 0) is 70.0 Å². The lowest BCUT2D eigenvalue weighted by atomic mass is 10.1. The zero-order valence-corrected chi connectivity index (χ0v) is 41.5. The molecule has 0 spiro atoms. The number of nitrogens with zero attached hydrogens (tertiary/aromatic N) is 6. The topological polar surface area (TPSA) is 392 Å². The minimum absolute atomic E-state index is 0.00634. The Morgan fingerprint density at radius 3 is 1.34 bits per heavy atom. The van der Waals surface area contributed by atoms with Crippen LogP contribution in [0.1, 0.15) is 22.8 Å². The van der Waals surface area contributed by atoms with Crippen LogP contribution < -0.4 is 27.8 Å². The van der Waals surface area contributed by atoms with Crippen molar-refractivity contribution in [2.45, 2.75) is 32.4 Å². The van der Waals surface area contributed by atoms with Gasteiger partial charge in [0.1, 0.15) is 42.6 Å². The number of aromatic amines is 1. The van der Waals surface area contributed by atoms with E-state index in [2.05, 4.69) is 54.4 Å². The summed E-state index contributed by atoms with van der Waals surface area (Å²) < 4.78 is 122. The minimum atomic E-state index is -4.43. The number of benzene rings is 6. The summed E-state index contributed by atoms with van der Waals surface area (Å²) in [5.74, 6) is 0.141. The number of H-pyrrole nitrogens is 1. The number of hydrogen-bond donors (Lipinski definition) is 5. The number of nitrogens with one attached hydrogen (secondary N) is 3. The van der Waals surface area contributed by atoms with Crippen LogP contribution >= 0.6 is 0 Å². The van der Waals surface area contributed by atoms with Crippen molar-refractivity contribution < 1.29 is 60.0 Å². The van der Waals surface area contributed by atoms with Gasteiger partial charge in [-0.05, 0) is 71.8 Å². The second-order valence-electron chi connectivity index (χ2n) is 15.0. The number of carbonyl (C=O) groups is 2. The maximum Gasteiger partial charge on any atom is 0.348 e. The first-order valence-electron chi connectivity index (χ1n) is 20.5. The molecule has 1 aromatic heterocycles. The summed E-state index contributed by atoms with van der Waals surface area (Å²) in [5.41, 5.74) is 10.8. The zero-order valence-electron chi connectivity index (χ0n) is 38.2. The average molecular weight is 1080 g/mol. The van der Waals surface area contributed by atoms with Crippen molar-refractivity contribution in [3.8, 4) is 0 Å². The van der Waals surface area contributed by atoms with Gasteiger partial charge in [-0.2, -0.15) is 48.9 Å². The molecule has 7 rings (SSSR count). The molecule has 380 valence electrons. The van der Waals surface area contributed by atoms with Gasteiger partial charge in [-0.25, -0.2) is 19.4 Å². The first-order valence-corrected chi connectivity index (χ1v) is 26.1. The van der Waals surface area contributed by atoms with Crippen LogP contribution in [0, 0.1) is 0 Å². The molecule has 0 saturated carbocycles. The van der Waals surface area contributed by atoms with Gasteiger partial charge in [-0.3, -0.25) is 21.7 Å². The number of hydrogen-bond acceptors (Lipinski definition) is 21. The number of primary amides is 2. The number of carbonyl (C=O) groups excluding carboxylic acids is 2. The number of anilines is 2. The molecule has 0 radical (unpaired) electrons. The van der Waals surface area contributed by atoms with E-state index >= 15 is 0 Å². The largest absolute Gasteiger partial charge is 0.351 e. The summed E-state index contributed by atoms with van der Waals surface area (Å²) in [4.78, 5) is 46.5. The Hall–Kier alpha value is -7.97. The fourth-order valence-electron chi connectivity index (χ4n) is 7.21. The highest BCUT2D eigenvalue weighted by Gasteiger charge is 2.26. The van der Waals surface area contributed by atoms with Crippen LogP contribution in [0.2, 0.25) is 0 Å². The van der Waals surface area contributed by atoms with Crippen molar-refractivity contribution in [2.75, 3.05) is 39.1 Å². The Kier molecular flexibility index (Phi) is 15.2. The molecule has 7 aromatic rings. The van der Waals surface area contributed by atoms with Gasteiger partial charge in [-0.15, -0.1) is 10.2 Å². The quantitative estimate of drug-likeness (QED) is 0.0500. The molecule has 0 aliphatic rings. The maximum atomic E-state index is 13.0. The molecule has 0 saturated heterocycles. The van der Waals surface area contributed by atoms with Gasteiger partial charge >= 0.3 is 17.8 Å². The highest BCUT2D eigenvalue weighted by atomic mass is 32.2. The monoisotopic (exact) mass is 1080 g/mol. The molecule has 30 heteroatoms. The third-order valence-corrected chi connectivity index (χ3v) is 15.7. The van der Waals surface area contributed by atoms with Gasteiger partial charge < -0.3 is 22.1 Å². The Morgan fingerprint density at radius 2 is 0.932 bits per heavy atom. The first kappa shape index (κ1) is 52.8. The van der Waals surface area contributed by atoms with Crippen LogP contribution in [0.3, 0.4) is 0 Å². The molecule has 0 fully saturated rings. The Labute approximate surface area is 415 Å². The molecular formula is C43H39N11O15S4. The molecule has 1 heterocycles. The number of amides is 4. The molecule has 0 aliphatic heterocycles. The van der Waals surface area contributed by atoms with Crippen LogP contribution in [0.4, 0.5) is 43.7 Å². The van der Waals surface area contributed by atoms with E-state index in [9.17, 15) is 48.1 Å². The van der Waals surface area contributed by atoms with Crippen LogP contribution in [0.5, 0.6) is 0 Å². The van der Waals surface area contributed by atoms with Gasteiger partial charge in [0.05, 0.1) is 51.2 Å². The molecule has 26 nitrogen and oxygen atoms in total. The van der Waals surface area contributed by atoms with Crippen molar-refractivity contribution in [2.24, 2.45) is 31.9 Å². The van der Waals surface area contributed by atoms with Crippen molar-refractivity contribution in [3.05, 3.63) is 130 Å². The fraction of sp³-hybridized carbons (Fsp3) is 0.140. The van der Waals surface area contributed by atoms with Crippen molar-refractivity contribution in [1.82, 2.24) is 15.0 Å². The van der Waals surface area contributed by atoms with E-state index < -0.39 is 68.0 Å². The number of aromatic nitrogens is 3. The van der Waals surface area contributed by atoms with Crippen LogP contribution in [-0.4, -0.2) is 89.1 Å². The predicted octanol–water partition coefficient (Wildman–Crippen LogP) is 5.81. The lowest BCUT2D eigenvalue weighted by Crippen LogP contribution is -2.20. The van der Waals surface area contributed by atoms with Crippen molar-refractivity contribution in [3.63, 3.8) is 0 Å². The molecule has 6 aromatic carbocycles. The SMILES string of the molecule is COS(=O)(=O)c1cc(N=Nc2ccc(Cc3nc(Cc4ccc(N=Nc5cc(S(=O)(=O)OC)c6cccc(S(=O)(=O)OC)c6c5)c(NC(N)=O)c4)[nH]c(=O)n3)cc2NC(N)=O)cc2c(S(=O)(=O)OC)cccc12. The van der Waals surface area contributed by atoms with Gasteiger partial charge in [0.15, 0.2) is 0 Å². The molecule has 73 heavy (non-hydrogen) atoms. The van der Waals surface area contributed by atoms with Crippen molar-refractivity contribution in [1.29, 1.82) is 0 Å². The lowest BCUT2D eigenvalue weighted by Gasteiger charge is -2.12. The summed E-state index contributed by atoms with van der Waals surface area (Å²) in [6.45, 7) is 0. The van der Waals surface area contributed by atoms with E-state index in [-0.39, 0.29) is 90.0 Å². The molecule has 0 bridgehead atoms. The van der Waals surface area contributed by atoms with Crippen LogP contribution in [0.25, 0.3) is 21.5 Å². The van der Waals surface area contributed by atoms with E-state index in [0.717, 1.165) is 40.6 Å². The zero-order chi connectivity index (χ0) is 53.0. The second kappa shape index (κ2) is 21.0. The van der Waals surface area contributed by atoms with Crippen molar-refractivity contribution >= 4 is 108 Å². The summed E-state index contributed by atoms with van der Waals surface area (Å²) in [6.07, 6.45) is -0.138. The maximum absolute atomic E-state index is 13.0. The van der Waals surface area contributed by atoms with Gasteiger partial charge in [-0.1, -0.05) is 36.4 Å². The highest BCUT2D eigenvalue weighted by Crippen LogP contribution is 2.38. The predicted molar refractivity (Wildman–Crippen MR) is 261 cm³/mol. The minimum Gasteiger partial charge on any atom is -0.351 e. The molecular weight excluding hydrogens is 1040 g/mol. The number of fused-ring (bicyclic) bond motifs is 2. The van der Waals surface area contributed by atoms with Gasteiger partial charge in [0.25, 0.3) is 40.5 Å². The number of rotatable bonds is 18. The Balaban J connectivity index is 1.18. The highest BCUT2D eigenvalue weighted by molar-refractivity contribution is 7.88. The Morgan fingerprint density at radius 1 is 0.521 bits per heavy atom. The average Bonchev–Trinajstić information content (AvgIpc) is 3.34. The molecule has 0 aliphatic carbocycles. The van der Waals surface area contributed by atoms with Crippen LogP contribution in [0.15, 0.2) is 142 Å². The molecule has 4 amide bonds. The lowest BCUT2D eigenvalue weighted by molar-refractivity contribution is 0.258. The van der Waals surface area contributed by atoms with E-state index in [1.54, 1.807) is 12.1 Å². The van der Waals surface area contributed by atoms with Gasteiger partial charge in [0.2, 0.25) is 0 Å². The number of urea groups is 2. The fourth-order valence-corrected chi connectivity index (χ4v) is 10.7. The third-order valence-electron chi connectivity index (χ3n) is 10.4. The van der Waals surface area contributed by atoms with E-state index in [1.165, 1.54) is 72.8 Å². The van der Waals surface area contributed by atoms with Gasteiger partial charge in [0, 0.05) is 34.4 Å². The second-order valence-corrected chi connectivity index (χ2v) is 21.8. The summed E-state index contributed by atoms with van der Waals surface area (Å²) in [6, 6.07) is 19.5. The summed E-state index contributed by atoms with van der Waals surface area (Å²) in [5, 5.41) is 21.3. The first-order chi connectivity index (χ1) is 34.5. The normalized spacial score (nSPS) is 12.5. The number of nitrogens with two attached hydrogens (primary N) is 2. The summed E-state index contributed by atoms with van der Waals surface area (Å²) >= 11 is 0.